The van der Waals surface area contributed by atoms with E-state index in [0.717, 1.165) is 63.2 Å². The SMILES string of the molecule is O=S1(=O)CC2(CCN([C@H]3CCC[C@H](c4ccc(C(F)(F)F)nc4)C3)CC2)C1. The zero-order valence-corrected chi connectivity index (χ0v) is 16.0. The van der Waals surface area contributed by atoms with Crippen LogP contribution in [0.1, 0.15) is 55.7 Å². The van der Waals surface area contributed by atoms with Gasteiger partial charge in [0.15, 0.2) is 9.84 Å². The van der Waals surface area contributed by atoms with Gasteiger partial charge in [-0.05, 0) is 62.7 Å². The number of sulfone groups is 1. The molecule has 3 aliphatic rings. The van der Waals surface area contributed by atoms with Gasteiger partial charge in [-0.15, -0.1) is 0 Å². The quantitative estimate of drug-likeness (QED) is 0.758. The Morgan fingerprint density at radius 2 is 1.81 bits per heavy atom. The first-order chi connectivity index (χ1) is 12.7. The normalized spacial score (nSPS) is 30.8. The lowest BCUT2D eigenvalue weighted by Gasteiger charge is -2.49. The zero-order valence-electron chi connectivity index (χ0n) is 15.2. The third-order valence-corrected chi connectivity index (χ3v) is 8.73. The Hall–Kier alpha value is -1.15. The molecule has 4 rings (SSSR count). The maximum Gasteiger partial charge on any atom is 0.433 e. The van der Waals surface area contributed by atoms with Crippen LogP contribution in [-0.2, 0) is 16.0 Å². The number of hydrogen-bond donors (Lipinski definition) is 0. The molecule has 3 heterocycles. The molecule has 1 aromatic heterocycles. The molecule has 2 atom stereocenters. The van der Waals surface area contributed by atoms with Crippen molar-refractivity contribution in [3.05, 3.63) is 29.6 Å². The van der Waals surface area contributed by atoms with E-state index in [1.54, 1.807) is 6.07 Å². The predicted octanol–water partition coefficient (Wildman–Crippen LogP) is 3.64. The molecule has 0 N–H and O–H groups in total. The van der Waals surface area contributed by atoms with Gasteiger partial charge in [0.25, 0.3) is 0 Å². The molecule has 1 spiro atoms. The van der Waals surface area contributed by atoms with Gasteiger partial charge in [0.2, 0.25) is 0 Å². The Morgan fingerprint density at radius 1 is 1.11 bits per heavy atom. The molecule has 0 aromatic carbocycles. The van der Waals surface area contributed by atoms with E-state index in [1.165, 1.54) is 6.20 Å². The van der Waals surface area contributed by atoms with Gasteiger partial charge < -0.3 is 4.90 Å². The van der Waals surface area contributed by atoms with Crippen LogP contribution in [0, 0.1) is 5.41 Å². The molecular weight excluding hydrogens is 377 g/mol. The minimum Gasteiger partial charge on any atom is -0.300 e. The van der Waals surface area contributed by atoms with Gasteiger partial charge in [0.1, 0.15) is 5.69 Å². The summed E-state index contributed by atoms with van der Waals surface area (Å²) in [5.41, 5.74) is 0.0717. The summed E-state index contributed by atoms with van der Waals surface area (Å²) in [7, 11) is -2.80. The number of piperidine rings is 1. The van der Waals surface area contributed by atoms with Gasteiger partial charge in [-0.3, -0.25) is 4.98 Å². The van der Waals surface area contributed by atoms with Crippen LogP contribution < -0.4 is 0 Å². The van der Waals surface area contributed by atoms with Crippen molar-refractivity contribution in [3.8, 4) is 0 Å². The van der Waals surface area contributed by atoms with E-state index in [9.17, 15) is 21.6 Å². The van der Waals surface area contributed by atoms with E-state index in [2.05, 4.69) is 9.88 Å². The summed E-state index contributed by atoms with van der Waals surface area (Å²) in [6.07, 6.45) is 2.97. The maximum atomic E-state index is 12.7. The van der Waals surface area contributed by atoms with Crippen molar-refractivity contribution in [3.63, 3.8) is 0 Å². The largest absolute Gasteiger partial charge is 0.433 e. The average molecular weight is 402 g/mol. The molecule has 4 nitrogen and oxygen atoms in total. The summed E-state index contributed by atoms with van der Waals surface area (Å²) in [4.78, 5) is 6.09. The standard InChI is InChI=1S/C19H25F3N2O2S/c20-19(21,22)17-5-4-15(11-23-17)14-2-1-3-16(10-14)24-8-6-18(7-9-24)12-27(25,26)13-18/h4-5,11,14,16H,1-3,6-10,12-13H2/t14-,16-/m0/s1. The van der Waals surface area contributed by atoms with Crippen LogP contribution in [0.25, 0.3) is 0 Å². The van der Waals surface area contributed by atoms with E-state index >= 15 is 0 Å². The second-order valence-electron chi connectivity index (χ2n) is 8.56. The topological polar surface area (TPSA) is 50.3 Å². The first-order valence-corrected chi connectivity index (χ1v) is 11.5. The van der Waals surface area contributed by atoms with Crippen molar-refractivity contribution in [1.29, 1.82) is 0 Å². The molecule has 0 unspecified atom stereocenters. The first kappa shape index (κ1) is 19.2. The van der Waals surface area contributed by atoms with Crippen molar-refractivity contribution in [1.82, 2.24) is 9.88 Å². The molecule has 1 aromatic rings. The molecule has 1 saturated carbocycles. The van der Waals surface area contributed by atoms with Crippen LogP contribution >= 0.6 is 0 Å². The Balaban J connectivity index is 1.36. The molecule has 8 heteroatoms. The monoisotopic (exact) mass is 402 g/mol. The summed E-state index contributed by atoms with van der Waals surface area (Å²) >= 11 is 0. The third kappa shape index (κ3) is 4.01. The average Bonchev–Trinajstić information content (AvgIpc) is 2.60. The number of pyridine rings is 1. The van der Waals surface area contributed by atoms with Gasteiger partial charge in [0, 0.05) is 17.7 Å². The van der Waals surface area contributed by atoms with Crippen molar-refractivity contribution < 1.29 is 21.6 Å². The highest BCUT2D eigenvalue weighted by molar-refractivity contribution is 7.92. The Morgan fingerprint density at radius 3 is 2.37 bits per heavy atom. The molecule has 3 fully saturated rings. The van der Waals surface area contributed by atoms with Crippen LogP contribution in [0.15, 0.2) is 18.3 Å². The highest BCUT2D eigenvalue weighted by Gasteiger charge is 2.50. The van der Waals surface area contributed by atoms with Crippen LogP contribution in [0.4, 0.5) is 13.2 Å². The van der Waals surface area contributed by atoms with Gasteiger partial charge in [-0.25, -0.2) is 8.42 Å². The van der Waals surface area contributed by atoms with Crippen molar-refractivity contribution >= 4 is 9.84 Å². The first-order valence-electron chi connectivity index (χ1n) is 9.64. The van der Waals surface area contributed by atoms with Crippen LogP contribution in [-0.4, -0.2) is 48.9 Å². The number of halogens is 3. The Kier molecular flexibility index (Phi) is 4.78. The fourth-order valence-corrected chi connectivity index (χ4v) is 7.51. The van der Waals surface area contributed by atoms with E-state index < -0.39 is 21.7 Å². The lowest BCUT2D eigenvalue weighted by Crippen LogP contribution is -2.56. The second-order valence-corrected chi connectivity index (χ2v) is 10.6. The van der Waals surface area contributed by atoms with E-state index in [0.29, 0.717) is 17.5 Å². The Bertz CT molecular complexity index is 770. The van der Waals surface area contributed by atoms with Gasteiger partial charge in [-0.1, -0.05) is 12.5 Å². The molecule has 0 bridgehead atoms. The summed E-state index contributed by atoms with van der Waals surface area (Å²) in [5, 5.41) is 0. The smallest absolute Gasteiger partial charge is 0.300 e. The van der Waals surface area contributed by atoms with Crippen molar-refractivity contribution in [2.45, 2.75) is 56.7 Å². The summed E-state index contributed by atoms with van der Waals surface area (Å²) in [5.74, 6) is 0.940. The van der Waals surface area contributed by atoms with E-state index in [-0.39, 0.29) is 11.3 Å². The molecule has 150 valence electrons. The van der Waals surface area contributed by atoms with Gasteiger partial charge in [0.05, 0.1) is 11.5 Å². The highest BCUT2D eigenvalue weighted by atomic mass is 32.2. The number of likely N-dealkylation sites (tertiary alicyclic amines) is 1. The third-order valence-electron chi connectivity index (χ3n) is 6.62. The highest BCUT2D eigenvalue weighted by Crippen LogP contribution is 2.44. The maximum absolute atomic E-state index is 12.7. The van der Waals surface area contributed by atoms with Crippen molar-refractivity contribution in [2.75, 3.05) is 24.6 Å². The van der Waals surface area contributed by atoms with E-state index in [1.807, 2.05) is 0 Å². The molecule has 0 amide bonds. The van der Waals surface area contributed by atoms with Crippen LogP contribution in [0.3, 0.4) is 0 Å². The van der Waals surface area contributed by atoms with E-state index in [4.69, 9.17) is 0 Å². The molecular formula is C19H25F3N2O2S. The van der Waals surface area contributed by atoms with Crippen molar-refractivity contribution in [2.24, 2.45) is 5.41 Å². The summed E-state index contributed by atoms with van der Waals surface area (Å²) in [6, 6.07) is 3.09. The van der Waals surface area contributed by atoms with Crippen LogP contribution in [0.2, 0.25) is 0 Å². The molecule has 2 aliphatic heterocycles. The second kappa shape index (κ2) is 6.72. The Labute approximate surface area is 158 Å². The summed E-state index contributed by atoms with van der Waals surface area (Å²) < 4.78 is 61.2. The van der Waals surface area contributed by atoms with Gasteiger partial charge in [-0.2, -0.15) is 13.2 Å². The fraction of sp³-hybridized carbons (Fsp3) is 0.737. The molecule has 1 aliphatic carbocycles. The predicted molar refractivity (Wildman–Crippen MR) is 96.1 cm³/mol. The van der Waals surface area contributed by atoms with Gasteiger partial charge >= 0.3 is 6.18 Å². The minimum atomic E-state index is -4.40. The lowest BCUT2D eigenvalue weighted by molar-refractivity contribution is -0.141. The minimum absolute atomic E-state index is 0.0146. The van der Waals surface area contributed by atoms with Crippen LogP contribution in [0.5, 0.6) is 0 Å². The number of alkyl halides is 3. The molecule has 2 saturated heterocycles. The molecule has 0 radical (unpaired) electrons. The number of rotatable bonds is 2. The lowest BCUT2D eigenvalue weighted by atomic mass is 9.77. The fourth-order valence-electron chi connectivity index (χ4n) is 5.16. The number of hydrogen-bond acceptors (Lipinski definition) is 4. The number of nitrogens with zero attached hydrogens (tertiary/aromatic N) is 2. The molecule has 27 heavy (non-hydrogen) atoms. The number of aromatic nitrogens is 1. The zero-order chi connectivity index (χ0) is 19.3. The summed E-state index contributed by atoms with van der Waals surface area (Å²) in [6.45, 7) is 1.86.